The molecule has 0 aromatic heterocycles. The Morgan fingerprint density at radius 2 is 0.963 bits per heavy atom. The second-order valence-electron chi connectivity index (χ2n) is 27.2. The molecule has 29 heteroatoms. The topological polar surface area (TPSA) is 328 Å². The molecule has 576 valence electrons. The van der Waals surface area contributed by atoms with Gasteiger partial charge in [0.25, 0.3) is 9.58 Å². The van der Waals surface area contributed by atoms with Crippen LogP contribution in [0, 0.1) is 46.8 Å². The molecule has 2 N–H and O–H groups in total. The summed E-state index contributed by atoms with van der Waals surface area (Å²) in [6.07, 6.45) is -17.6. The maximum absolute atomic E-state index is 15.1. The number of esters is 8. The number of amides is 1. The monoisotopic (exact) mass is 1540 g/mol. The summed E-state index contributed by atoms with van der Waals surface area (Å²) in [5.41, 5.74) is 0.801. The zero-order valence-electron chi connectivity index (χ0n) is 60.7. The normalized spacial score (nSPS) is 29.0. The van der Waals surface area contributed by atoms with Crippen LogP contribution in [0.15, 0.2) is 152 Å². The molecular formula is C78H89Cl3N2O24. The third-order valence-electron chi connectivity index (χ3n) is 19.7. The SMILES string of the molecule is COC(=O)[C@@]1(O[C@H]2C(O[C@@H]3OC(COC(=O)c4ccccc4)[C@@H](C)[C@H](C[C@@H]4OC(COC(=O)c5ccccc5)[C@H](OC(=O)c5ccccc5)[C@H](C)C4OC(=O)c4ccccc4)C3NC(C)=O)C(COC(=O)c3ccccc3)O[C@H](OC(=N)C(Cl)(Cl)Cl)C2C)CC(C)[C@@H](C)[C@H]([C@H](C)[C@@H](COC(C)=O)OC(C)=O)O1. The van der Waals surface area contributed by atoms with Gasteiger partial charge < -0.3 is 76.4 Å². The van der Waals surface area contributed by atoms with Gasteiger partial charge in [-0.1, -0.05) is 167 Å². The van der Waals surface area contributed by atoms with E-state index in [1.807, 2.05) is 13.8 Å². The van der Waals surface area contributed by atoms with Crippen molar-refractivity contribution in [2.24, 2.45) is 41.4 Å². The van der Waals surface area contributed by atoms with Crippen molar-refractivity contribution in [1.29, 1.82) is 5.41 Å². The molecule has 4 saturated heterocycles. The van der Waals surface area contributed by atoms with Crippen molar-refractivity contribution in [3.8, 4) is 0 Å². The maximum atomic E-state index is 15.1. The number of nitrogens with one attached hydrogen (secondary N) is 2. The van der Waals surface area contributed by atoms with Crippen LogP contribution in [-0.2, 0) is 90.2 Å². The highest BCUT2D eigenvalue weighted by Gasteiger charge is 2.61. The van der Waals surface area contributed by atoms with Gasteiger partial charge in [0.15, 0.2) is 6.29 Å². The Labute approximate surface area is 634 Å². The fourth-order valence-corrected chi connectivity index (χ4v) is 14.0. The number of alkyl halides is 3. The van der Waals surface area contributed by atoms with E-state index in [1.54, 1.807) is 160 Å². The van der Waals surface area contributed by atoms with Gasteiger partial charge in [0.2, 0.25) is 18.1 Å². The third kappa shape index (κ3) is 21.2. The van der Waals surface area contributed by atoms with Gasteiger partial charge in [-0.25, -0.2) is 28.8 Å². The largest absolute Gasteiger partial charge is 0.465 e. The zero-order chi connectivity index (χ0) is 77.4. The second-order valence-corrected chi connectivity index (χ2v) is 29.5. The van der Waals surface area contributed by atoms with Crippen LogP contribution in [0.2, 0.25) is 0 Å². The van der Waals surface area contributed by atoms with Crippen LogP contribution in [0.1, 0.15) is 127 Å². The summed E-state index contributed by atoms with van der Waals surface area (Å²) in [5.74, 6) is -16.4. The van der Waals surface area contributed by atoms with E-state index in [0.29, 0.717) is 0 Å². The molecule has 107 heavy (non-hydrogen) atoms. The summed E-state index contributed by atoms with van der Waals surface area (Å²) in [4.78, 5) is 125. The van der Waals surface area contributed by atoms with E-state index in [9.17, 15) is 38.4 Å². The summed E-state index contributed by atoms with van der Waals surface area (Å²) >= 11 is 18.9. The summed E-state index contributed by atoms with van der Waals surface area (Å²) < 4.78 is 93.7. The van der Waals surface area contributed by atoms with Crippen molar-refractivity contribution < 1.29 is 114 Å². The number of halogens is 3. The molecule has 0 radical (unpaired) electrons. The van der Waals surface area contributed by atoms with Gasteiger partial charge in [-0.2, -0.15) is 0 Å². The predicted molar refractivity (Wildman–Crippen MR) is 383 cm³/mol. The van der Waals surface area contributed by atoms with Crippen LogP contribution in [0.3, 0.4) is 0 Å². The van der Waals surface area contributed by atoms with Crippen LogP contribution in [0.25, 0.3) is 0 Å². The van der Waals surface area contributed by atoms with Crippen molar-refractivity contribution in [3.63, 3.8) is 0 Å². The number of carbonyl (C=O) groups excluding carboxylic acids is 9. The van der Waals surface area contributed by atoms with Gasteiger partial charge in [-0.05, 0) is 90.8 Å². The lowest BCUT2D eigenvalue weighted by molar-refractivity contribution is -0.374. The molecule has 9 rings (SSSR count). The Bertz CT molecular complexity index is 3860. The first-order valence-electron chi connectivity index (χ1n) is 35.1. The molecular weight excluding hydrogens is 1460 g/mol. The lowest BCUT2D eigenvalue weighted by Crippen LogP contribution is -2.67. The van der Waals surface area contributed by atoms with Crippen LogP contribution in [0.5, 0.6) is 0 Å². The summed E-state index contributed by atoms with van der Waals surface area (Å²) in [5, 5.41) is 11.9. The minimum absolute atomic E-state index is 0.104. The van der Waals surface area contributed by atoms with Crippen LogP contribution < -0.4 is 5.32 Å². The van der Waals surface area contributed by atoms with Gasteiger partial charge in [0.1, 0.15) is 63.1 Å². The van der Waals surface area contributed by atoms with Crippen molar-refractivity contribution in [2.75, 3.05) is 33.5 Å². The molecule has 5 aromatic rings. The Hall–Kier alpha value is -8.57. The minimum Gasteiger partial charge on any atom is -0.465 e. The standard InChI is InChI=1S/C78H89Cl3N2O24/c1-42-37-77(76(92)93-10,106-63(43(42)2)45(4)59(98-50(9)86)38-94-49(8)85)107-66-47(6)73(105-75(82)78(79,80)81)101-61(41-97-70(89)53-30-20-13-21-31-53)67(66)104-74-62(83-48(7)84)56(44(3)58(100-74)39-95-68(87)51-26-16-11-17-27-51)36-57-64(102-71(90)54-32-22-14-23-33-54)46(5)65(103-72(91)55-34-24-15-25-35-55)60(99-57)40-96-69(88)52-28-18-12-19-29-52/h11-35,42-47,56-67,73-74,82H,36-41H2,1-10H3,(H,83,84)/t42?,43-,44+,45-,46-,47?,56+,57+,58?,59-,60?,61?,62?,63-,64?,65-,66-,67?,73-,74+,77+/m1/s1. The first-order valence-corrected chi connectivity index (χ1v) is 36.2. The summed E-state index contributed by atoms with van der Waals surface area (Å²) in [7, 11) is 1.10. The smallest absolute Gasteiger partial charge is 0.366 e. The number of ether oxygens (including phenoxy) is 15. The lowest BCUT2D eigenvalue weighted by Gasteiger charge is -2.53. The Balaban J connectivity index is 1.20. The van der Waals surface area contributed by atoms with Crippen LogP contribution in [-0.4, -0.2) is 182 Å². The van der Waals surface area contributed by atoms with Gasteiger partial charge in [0.05, 0.1) is 65.4 Å². The molecule has 5 aromatic carbocycles. The minimum atomic E-state index is -2.51. The molecule has 0 aliphatic carbocycles. The summed E-state index contributed by atoms with van der Waals surface area (Å²) in [6.45, 7) is 11.8. The van der Waals surface area contributed by atoms with Gasteiger partial charge >= 0.3 is 47.8 Å². The number of benzene rings is 5. The molecule has 0 bridgehead atoms. The van der Waals surface area contributed by atoms with Crippen LogP contribution >= 0.6 is 34.8 Å². The number of carbonyl (C=O) groups is 9. The van der Waals surface area contributed by atoms with E-state index in [1.165, 1.54) is 39.8 Å². The molecule has 26 nitrogen and oxygen atoms in total. The van der Waals surface area contributed by atoms with Crippen LogP contribution in [0.4, 0.5) is 0 Å². The molecule has 1 amide bonds. The van der Waals surface area contributed by atoms with Crippen molar-refractivity contribution in [3.05, 3.63) is 179 Å². The Morgan fingerprint density at radius 1 is 0.523 bits per heavy atom. The number of methoxy groups -OCH3 is 1. The van der Waals surface area contributed by atoms with Crippen molar-refractivity contribution in [2.45, 2.75) is 164 Å². The van der Waals surface area contributed by atoms with Gasteiger partial charge in [-0.15, -0.1) is 0 Å². The second kappa shape index (κ2) is 37.5. The first kappa shape index (κ1) is 82.5. The quantitative estimate of drug-likeness (QED) is 0.0162. The number of rotatable bonds is 27. The van der Waals surface area contributed by atoms with E-state index < -0.39 is 217 Å². The van der Waals surface area contributed by atoms with Gasteiger partial charge in [-0.3, -0.25) is 19.8 Å². The summed E-state index contributed by atoms with van der Waals surface area (Å²) in [6, 6.07) is 39.0. The van der Waals surface area contributed by atoms with E-state index >= 15 is 4.79 Å². The molecule has 4 heterocycles. The van der Waals surface area contributed by atoms with E-state index in [2.05, 4.69) is 5.32 Å². The molecule has 0 saturated carbocycles. The zero-order valence-corrected chi connectivity index (χ0v) is 62.9. The van der Waals surface area contributed by atoms with Gasteiger partial charge in [0, 0.05) is 44.9 Å². The highest BCUT2D eigenvalue weighted by molar-refractivity contribution is 6.76. The molecule has 21 atom stereocenters. The van der Waals surface area contributed by atoms with E-state index in [0.717, 1.165) is 7.11 Å². The molecule has 4 fully saturated rings. The van der Waals surface area contributed by atoms with E-state index in [-0.39, 0.29) is 40.7 Å². The first-order chi connectivity index (χ1) is 51.0. The van der Waals surface area contributed by atoms with Crippen molar-refractivity contribution >= 4 is 94.4 Å². The highest BCUT2D eigenvalue weighted by Crippen LogP contribution is 2.48. The van der Waals surface area contributed by atoms with Crippen molar-refractivity contribution in [1.82, 2.24) is 5.32 Å². The molecule has 0 spiro atoms. The number of hydrogen-bond donors (Lipinski definition) is 2. The lowest BCUT2D eigenvalue weighted by atomic mass is 9.74. The fourth-order valence-electron chi connectivity index (χ4n) is 13.9. The maximum Gasteiger partial charge on any atom is 0.366 e. The molecule has 4 aliphatic heterocycles. The Kier molecular flexibility index (Phi) is 28.9. The number of hydrogen-bond acceptors (Lipinski definition) is 25. The third-order valence-corrected chi connectivity index (χ3v) is 20.3. The molecule has 8 unspecified atom stereocenters. The fraction of sp³-hybridized carbons (Fsp3) is 0.487. The molecule has 4 aliphatic rings. The Morgan fingerprint density at radius 3 is 1.40 bits per heavy atom. The predicted octanol–water partition coefficient (Wildman–Crippen LogP) is 10.8. The average Bonchev–Trinajstić information content (AvgIpc) is 0.750. The average molecular weight is 1540 g/mol. The van der Waals surface area contributed by atoms with E-state index in [4.69, 9.17) is 111 Å². The highest BCUT2D eigenvalue weighted by atomic mass is 35.6.